The Morgan fingerprint density at radius 2 is 2.31 bits per heavy atom. The summed E-state index contributed by atoms with van der Waals surface area (Å²) in [6.45, 7) is 1.81. The van der Waals surface area contributed by atoms with Crippen molar-refractivity contribution in [2.24, 2.45) is 5.73 Å². The van der Waals surface area contributed by atoms with Crippen LogP contribution in [0.2, 0.25) is 0 Å². The summed E-state index contributed by atoms with van der Waals surface area (Å²) in [5.74, 6) is 0. The second kappa shape index (κ2) is 5.21. The van der Waals surface area contributed by atoms with Gasteiger partial charge in [-0.25, -0.2) is 0 Å². The summed E-state index contributed by atoms with van der Waals surface area (Å²) < 4.78 is 5.19. The lowest BCUT2D eigenvalue weighted by Crippen LogP contribution is -2.49. The summed E-state index contributed by atoms with van der Waals surface area (Å²) in [5.41, 5.74) is 5.84. The van der Waals surface area contributed by atoms with E-state index in [4.69, 9.17) is 10.5 Å². The van der Waals surface area contributed by atoms with Gasteiger partial charge in [0.1, 0.15) is 12.4 Å². The van der Waals surface area contributed by atoms with E-state index in [1.165, 1.54) is 7.11 Å². The van der Waals surface area contributed by atoms with Crippen LogP contribution in [0.5, 0.6) is 0 Å². The van der Waals surface area contributed by atoms with Crippen LogP contribution in [0, 0.1) is 0 Å². The Labute approximate surface area is 95.0 Å². The standard InChI is InChI=1S/C12H17NO3/c1-3-11(15)12(13,16-2)10-6-4-5-9(7-10)8-14/h4-8,11,15H,3,13H2,1-2H3/t11-,12-/m0/s1. The number of aliphatic hydroxyl groups is 1. The van der Waals surface area contributed by atoms with Crippen LogP contribution >= 0.6 is 0 Å². The summed E-state index contributed by atoms with van der Waals surface area (Å²) in [6, 6.07) is 6.73. The van der Waals surface area contributed by atoms with E-state index in [2.05, 4.69) is 0 Å². The smallest absolute Gasteiger partial charge is 0.168 e. The Hall–Kier alpha value is -1.23. The number of rotatable bonds is 5. The van der Waals surface area contributed by atoms with Crippen molar-refractivity contribution in [3.63, 3.8) is 0 Å². The second-order valence-electron chi connectivity index (χ2n) is 3.66. The molecule has 1 rings (SSSR count). The molecule has 0 saturated carbocycles. The maximum Gasteiger partial charge on any atom is 0.168 e. The van der Waals surface area contributed by atoms with Crippen LogP contribution in [0.3, 0.4) is 0 Å². The molecule has 0 unspecified atom stereocenters. The minimum atomic E-state index is -1.27. The van der Waals surface area contributed by atoms with Crippen LogP contribution in [-0.2, 0) is 10.5 Å². The monoisotopic (exact) mass is 223 g/mol. The van der Waals surface area contributed by atoms with Crippen molar-refractivity contribution in [3.05, 3.63) is 35.4 Å². The first-order chi connectivity index (χ1) is 7.58. The van der Waals surface area contributed by atoms with Gasteiger partial charge >= 0.3 is 0 Å². The van der Waals surface area contributed by atoms with Crippen molar-refractivity contribution >= 4 is 6.29 Å². The van der Waals surface area contributed by atoms with E-state index in [1.807, 2.05) is 6.92 Å². The highest BCUT2D eigenvalue weighted by Crippen LogP contribution is 2.25. The molecule has 4 heteroatoms. The first-order valence-electron chi connectivity index (χ1n) is 5.16. The Balaban J connectivity index is 3.16. The molecule has 0 amide bonds. The highest BCUT2D eigenvalue weighted by atomic mass is 16.5. The van der Waals surface area contributed by atoms with Gasteiger partial charge in [-0.05, 0) is 12.5 Å². The molecule has 1 aromatic carbocycles. The lowest BCUT2D eigenvalue weighted by Gasteiger charge is -2.32. The Morgan fingerprint density at radius 3 is 2.81 bits per heavy atom. The molecule has 2 atom stereocenters. The molecular weight excluding hydrogens is 206 g/mol. The number of hydrogen-bond donors (Lipinski definition) is 2. The summed E-state index contributed by atoms with van der Waals surface area (Å²) >= 11 is 0. The lowest BCUT2D eigenvalue weighted by atomic mass is 9.94. The van der Waals surface area contributed by atoms with Gasteiger partial charge in [-0.2, -0.15) is 0 Å². The van der Waals surface area contributed by atoms with Crippen LogP contribution in [0.25, 0.3) is 0 Å². The number of benzene rings is 1. The van der Waals surface area contributed by atoms with Gasteiger partial charge in [0.05, 0.1) is 0 Å². The number of methoxy groups -OCH3 is 1. The normalized spacial score (nSPS) is 16.5. The quantitative estimate of drug-likeness (QED) is 0.577. The topological polar surface area (TPSA) is 72.6 Å². The first-order valence-corrected chi connectivity index (χ1v) is 5.16. The van der Waals surface area contributed by atoms with Crippen molar-refractivity contribution in [1.29, 1.82) is 0 Å². The molecule has 0 spiro atoms. The zero-order valence-corrected chi connectivity index (χ0v) is 9.51. The molecular formula is C12H17NO3. The van der Waals surface area contributed by atoms with Crippen LogP contribution < -0.4 is 5.73 Å². The predicted octanol–water partition coefficient (Wildman–Crippen LogP) is 1.03. The maximum atomic E-state index is 10.7. The maximum absolute atomic E-state index is 10.7. The van der Waals surface area contributed by atoms with Crippen molar-refractivity contribution < 1.29 is 14.6 Å². The molecule has 0 radical (unpaired) electrons. The van der Waals surface area contributed by atoms with E-state index in [0.29, 0.717) is 17.5 Å². The number of carbonyl (C=O) groups excluding carboxylic acids is 1. The largest absolute Gasteiger partial charge is 0.388 e. The van der Waals surface area contributed by atoms with Gasteiger partial charge in [0, 0.05) is 18.2 Å². The molecule has 0 aliphatic heterocycles. The number of aldehydes is 1. The van der Waals surface area contributed by atoms with E-state index in [-0.39, 0.29) is 0 Å². The molecule has 0 saturated heterocycles. The highest BCUT2D eigenvalue weighted by Gasteiger charge is 2.34. The van der Waals surface area contributed by atoms with Gasteiger partial charge in [-0.1, -0.05) is 25.1 Å². The molecule has 0 aliphatic rings. The van der Waals surface area contributed by atoms with Gasteiger partial charge in [0.25, 0.3) is 0 Å². The van der Waals surface area contributed by atoms with E-state index in [1.54, 1.807) is 24.3 Å². The zero-order valence-electron chi connectivity index (χ0n) is 9.51. The SMILES string of the molecule is CC[C@H](O)[C@@](N)(OC)c1cccc(C=O)c1. The molecule has 88 valence electrons. The van der Waals surface area contributed by atoms with E-state index < -0.39 is 11.8 Å². The Morgan fingerprint density at radius 1 is 1.62 bits per heavy atom. The Bertz CT molecular complexity index is 367. The molecule has 0 heterocycles. The fourth-order valence-corrected chi connectivity index (χ4v) is 1.60. The van der Waals surface area contributed by atoms with Crippen molar-refractivity contribution in [1.82, 2.24) is 0 Å². The minimum Gasteiger partial charge on any atom is -0.388 e. The average Bonchev–Trinajstić information content (AvgIpc) is 2.36. The van der Waals surface area contributed by atoms with Crippen LogP contribution in [0.15, 0.2) is 24.3 Å². The molecule has 3 N–H and O–H groups in total. The van der Waals surface area contributed by atoms with Crippen molar-refractivity contribution in [2.45, 2.75) is 25.2 Å². The molecule has 0 aliphatic carbocycles. The molecule has 1 aromatic rings. The van der Waals surface area contributed by atoms with Crippen LogP contribution in [0.1, 0.15) is 29.3 Å². The van der Waals surface area contributed by atoms with Crippen LogP contribution in [-0.4, -0.2) is 24.6 Å². The molecule has 0 fully saturated rings. The lowest BCUT2D eigenvalue weighted by molar-refractivity contribution is -0.106. The van der Waals surface area contributed by atoms with E-state index >= 15 is 0 Å². The number of hydrogen-bond acceptors (Lipinski definition) is 4. The summed E-state index contributed by atoms with van der Waals surface area (Å²) in [7, 11) is 1.44. The van der Waals surface area contributed by atoms with Gasteiger partial charge in [-0.15, -0.1) is 0 Å². The molecule has 0 bridgehead atoms. The summed E-state index contributed by atoms with van der Waals surface area (Å²) in [4.78, 5) is 10.7. The zero-order chi connectivity index (χ0) is 12.2. The summed E-state index contributed by atoms with van der Waals surface area (Å²) in [5, 5.41) is 9.86. The van der Waals surface area contributed by atoms with E-state index in [9.17, 15) is 9.90 Å². The van der Waals surface area contributed by atoms with Crippen LogP contribution in [0.4, 0.5) is 0 Å². The summed E-state index contributed by atoms with van der Waals surface area (Å²) in [6.07, 6.45) is 0.382. The fourth-order valence-electron chi connectivity index (χ4n) is 1.60. The second-order valence-corrected chi connectivity index (χ2v) is 3.66. The van der Waals surface area contributed by atoms with Crippen molar-refractivity contribution in [3.8, 4) is 0 Å². The van der Waals surface area contributed by atoms with Gasteiger partial charge in [0.2, 0.25) is 0 Å². The highest BCUT2D eigenvalue weighted by molar-refractivity contribution is 5.75. The van der Waals surface area contributed by atoms with E-state index in [0.717, 1.165) is 6.29 Å². The number of carbonyl (C=O) groups is 1. The molecule has 16 heavy (non-hydrogen) atoms. The third-order valence-electron chi connectivity index (χ3n) is 2.69. The predicted molar refractivity (Wildman–Crippen MR) is 61.0 cm³/mol. The van der Waals surface area contributed by atoms with Gasteiger partial charge in [-0.3, -0.25) is 10.5 Å². The number of nitrogens with two attached hydrogens (primary N) is 1. The number of aliphatic hydroxyl groups excluding tert-OH is 1. The first kappa shape index (κ1) is 12.8. The number of ether oxygens (including phenoxy) is 1. The third kappa shape index (κ3) is 2.29. The van der Waals surface area contributed by atoms with Gasteiger partial charge < -0.3 is 9.84 Å². The average molecular weight is 223 g/mol. The molecule has 4 nitrogen and oxygen atoms in total. The minimum absolute atomic E-state index is 0.468. The third-order valence-corrected chi connectivity index (χ3v) is 2.69. The van der Waals surface area contributed by atoms with Crippen molar-refractivity contribution in [2.75, 3.05) is 7.11 Å². The van der Waals surface area contributed by atoms with Gasteiger partial charge in [0.15, 0.2) is 5.72 Å². The Kier molecular flexibility index (Phi) is 4.18. The fraction of sp³-hybridized carbons (Fsp3) is 0.417. The molecule has 0 aromatic heterocycles.